The van der Waals surface area contributed by atoms with Gasteiger partial charge in [0, 0.05) is 5.56 Å². The van der Waals surface area contributed by atoms with Crippen LogP contribution < -0.4 is 19.9 Å². The van der Waals surface area contributed by atoms with E-state index in [1.54, 1.807) is 0 Å². The zero-order chi connectivity index (χ0) is 24.3. The second kappa shape index (κ2) is 7.96. The van der Waals surface area contributed by atoms with Gasteiger partial charge in [-0.05, 0) is 23.3 Å². The SMILES string of the molecule is O=C1Oc2c(Cl)c3c(c(Cl)c2=C1c1ccc(C(=O)O)cc1)OC(=O)C=3c1ccc(C(O)O)cc1. The summed E-state index contributed by atoms with van der Waals surface area (Å²) in [5.41, 5.74) is 1.09. The lowest BCUT2D eigenvalue weighted by Crippen LogP contribution is -2.15. The Morgan fingerprint density at radius 3 is 1.53 bits per heavy atom. The number of hydrogen-bond donors (Lipinski definition) is 3. The van der Waals surface area contributed by atoms with Gasteiger partial charge in [-0.25, -0.2) is 14.4 Å². The van der Waals surface area contributed by atoms with Gasteiger partial charge in [0.1, 0.15) is 0 Å². The molecule has 0 saturated heterocycles. The van der Waals surface area contributed by atoms with Crippen molar-refractivity contribution in [2.24, 2.45) is 0 Å². The molecule has 5 rings (SSSR count). The fourth-order valence-electron chi connectivity index (χ4n) is 3.90. The highest BCUT2D eigenvalue weighted by Crippen LogP contribution is 2.37. The summed E-state index contributed by atoms with van der Waals surface area (Å²) in [7, 11) is 0. The molecule has 0 aliphatic carbocycles. The van der Waals surface area contributed by atoms with Crippen molar-refractivity contribution < 1.29 is 39.2 Å². The Kier molecular flexibility index (Phi) is 5.18. The fourth-order valence-corrected chi connectivity index (χ4v) is 4.53. The largest absolute Gasteiger partial charge is 0.478 e. The summed E-state index contributed by atoms with van der Waals surface area (Å²) in [6.45, 7) is 0. The first kappa shape index (κ1) is 22.1. The monoisotopic (exact) mass is 498 g/mol. The van der Waals surface area contributed by atoms with Gasteiger partial charge in [-0.3, -0.25) is 0 Å². The summed E-state index contributed by atoms with van der Waals surface area (Å²) in [5.74, 6) is -2.71. The molecule has 10 heteroatoms. The predicted molar refractivity (Wildman–Crippen MR) is 119 cm³/mol. The molecular weight excluding hydrogens is 487 g/mol. The molecule has 0 saturated carbocycles. The van der Waals surface area contributed by atoms with Crippen LogP contribution in [0.3, 0.4) is 0 Å². The number of carboxylic acid groups (broad SMARTS) is 1. The maximum atomic E-state index is 12.8. The molecule has 3 aromatic rings. The zero-order valence-electron chi connectivity index (χ0n) is 16.8. The topological polar surface area (TPSA) is 130 Å². The molecule has 34 heavy (non-hydrogen) atoms. The zero-order valence-corrected chi connectivity index (χ0v) is 18.3. The number of aromatic carboxylic acids is 1. The maximum Gasteiger partial charge on any atom is 0.345 e. The molecule has 0 spiro atoms. The Labute approximate surface area is 200 Å². The molecule has 0 aromatic heterocycles. The van der Waals surface area contributed by atoms with E-state index in [1.165, 1.54) is 48.5 Å². The molecule has 3 aromatic carbocycles. The van der Waals surface area contributed by atoms with Crippen LogP contribution in [0, 0.1) is 0 Å². The van der Waals surface area contributed by atoms with Gasteiger partial charge < -0.3 is 24.8 Å². The van der Waals surface area contributed by atoms with E-state index in [-0.39, 0.29) is 54.3 Å². The second-order valence-electron chi connectivity index (χ2n) is 7.44. The minimum Gasteiger partial charge on any atom is -0.478 e. The molecule has 0 amide bonds. The predicted octanol–water partition coefficient (Wildman–Crippen LogP) is 1.91. The fraction of sp³-hybridized carbons (Fsp3) is 0.0417. The van der Waals surface area contributed by atoms with Crippen molar-refractivity contribution in [2.75, 3.05) is 0 Å². The number of carbonyl (C=O) groups excluding carboxylic acids is 2. The number of aliphatic hydroxyl groups is 2. The van der Waals surface area contributed by atoms with E-state index >= 15 is 0 Å². The molecule has 2 aliphatic rings. The van der Waals surface area contributed by atoms with Gasteiger partial charge in [-0.2, -0.15) is 0 Å². The van der Waals surface area contributed by atoms with Crippen molar-refractivity contribution in [3.05, 3.63) is 91.3 Å². The standard InChI is InChI=1S/C24H12Cl2O8/c25-17-15-13(9-1-5-11(6-2-9)21(27)28)23(31)33-19(15)18(26)16-14(24(32)34-20(16)17)10-3-7-12(8-4-10)22(29)30/h1-8,21,27-28H,(H,29,30). The van der Waals surface area contributed by atoms with Crippen LogP contribution in [-0.4, -0.2) is 33.2 Å². The van der Waals surface area contributed by atoms with E-state index in [4.69, 9.17) is 37.8 Å². The number of carboxylic acids is 1. The molecule has 0 atom stereocenters. The second-order valence-corrected chi connectivity index (χ2v) is 8.20. The van der Waals surface area contributed by atoms with Crippen molar-refractivity contribution >= 4 is 52.3 Å². The van der Waals surface area contributed by atoms with E-state index in [9.17, 15) is 24.6 Å². The van der Waals surface area contributed by atoms with Gasteiger partial charge in [0.05, 0.1) is 37.2 Å². The minimum atomic E-state index is -1.68. The van der Waals surface area contributed by atoms with Crippen LogP contribution in [0.5, 0.6) is 11.5 Å². The number of aliphatic hydroxyl groups excluding tert-OH is 1. The molecule has 2 heterocycles. The van der Waals surface area contributed by atoms with Crippen LogP contribution in [0.25, 0.3) is 11.1 Å². The van der Waals surface area contributed by atoms with Gasteiger partial charge in [0.15, 0.2) is 17.8 Å². The Morgan fingerprint density at radius 1 is 0.735 bits per heavy atom. The van der Waals surface area contributed by atoms with Crippen molar-refractivity contribution in [1.29, 1.82) is 0 Å². The van der Waals surface area contributed by atoms with Gasteiger partial charge in [-0.1, -0.05) is 59.6 Å². The third-order valence-electron chi connectivity index (χ3n) is 5.51. The number of ether oxygens (including phenoxy) is 2. The molecule has 0 fully saturated rings. The average Bonchev–Trinajstić information content (AvgIpc) is 3.35. The average molecular weight is 499 g/mol. The maximum absolute atomic E-state index is 12.8. The molecule has 0 radical (unpaired) electrons. The first-order valence-corrected chi connectivity index (χ1v) is 10.5. The van der Waals surface area contributed by atoms with Crippen LogP contribution in [0.1, 0.15) is 33.3 Å². The van der Waals surface area contributed by atoms with E-state index in [1.807, 2.05) is 0 Å². The number of fused-ring (bicyclic) bond motifs is 2. The number of rotatable bonds is 4. The highest BCUT2D eigenvalue weighted by molar-refractivity contribution is 6.39. The Morgan fingerprint density at radius 2 is 1.15 bits per heavy atom. The van der Waals surface area contributed by atoms with Crippen molar-refractivity contribution in [2.45, 2.75) is 6.29 Å². The molecule has 0 unspecified atom stereocenters. The lowest BCUT2D eigenvalue weighted by Gasteiger charge is -2.06. The van der Waals surface area contributed by atoms with Crippen LogP contribution in [0.4, 0.5) is 0 Å². The van der Waals surface area contributed by atoms with Crippen molar-refractivity contribution in [3.63, 3.8) is 0 Å². The lowest BCUT2D eigenvalue weighted by atomic mass is 10.00. The molecule has 3 N–H and O–H groups in total. The number of halogens is 2. The van der Waals surface area contributed by atoms with E-state index in [0.29, 0.717) is 11.1 Å². The van der Waals surface area contributed by atoms with Crippen molar-refractivity contribution in [1.82, 2.24) is 0 Å². The molecular formula is C24H12Cl2O8. The summed E-state index contributed by atoms with van der Waals surface area (Å²) < 4.78 is 10.8. The van der Waals surface area contributed by atoms with Gasteiger partial charge >= 0.3 is 17.9 Å². The highest BCUT2D eigenvalue weighted by atomic mass is 35.5. The van der Waals surface area contributed by atoms with Crippen LogP contribution in [0.15, 0.2) is 48.5 Å². The van der Waals surface area contributed by atoms with Gasteiger partial charge in [0.25, 0.3) is 0 Å². The Bertz CT molecular complexity index is 1540. The quantitative estimate of drug-likeness (QED) is 0.282. The van der Waals surface area contributed by atoms with Crippen LogP contribution in [0.2, 0.25) is 10.0 Å². The molecule has 170 valence electrons. The Hall–Kier alpha value is -3.69. The highest BCUT2D eigenvalue weighted by Gasteiger charge is 2.36. The van der Waals surface area contributed by atoms with Crippen molar-refractivity contribution in [3.8, 4) is 11.5 Å². The normalized spacial score (nSPS) is 14.3. The van der Waals surface area contributed by atoms with Crippen LogP contribution in [-0.2, 0) is 9.59 Å². The third kappa shape index (κ3) is 3.27. The first-order chi connectivity index (χ1) is 16.2. The smallest absolute Gasteiger partial charge is 0.345 e. The Balaban J connectivity index is 1.78. The number of esters is 2. The summed E-state index contributed by atoms with van der Waals surface area (Å²) >= 11 is 13.2. The van der Waals surface area contributed by atoms with E-state index in [2.05, 4.69) is 0 Å². The van der Waals surface area contributed by atoms with Crippen LogP contribution >= 0.6 is 23.2 Å². The third-order valence-corrected chi connectivity index (χ3v) is 6.23. The summed E-state index contributed by atoms with van der Waals surface area (Å²) in [6, 6.07) is 11.4. The summed E-state index contributed by atoms with van der Waals surface area (Å²) in [5, 5.41) is 27.9. The molecule has 2 aliphatic heterocycles. The van der Waals surface area contributed by atoms with E-state index < -0.39 is 24.2 Å². The lowest BCUT2D eigenvalue weighted by molar-refractivity contribution is -0.128. The van der Waals surface area contributed by atoms with Gasteiger partial charge in [0.2, 0.25) is 0 Å². The molecule has 8 nitrogen and oxygen atoms in total. The first-order valence-electron chi connectivity index (χ1n) is 9.73. The molecule has 0 bridgehead atoms. The summed E-state index contributed by atoms with van der Waals surface area (Å²) in [6.07, 6.45) is -1.68. The van der Waals surface area contributed by atoms with Gasteiger partial charge in [-0.15, -0.1) is 0 Å². The number of hydrogen-bond acceptors (Lipinski definition) is 7. The van der Waals surface area contributed by atoms with E-state index in [0.717, 1.165) is 0 Å². The minimum absolute atomic E-state index is 0.0296. The number of carbonyl (C=O) groups is 3. The number of benzene rings is 3. The summed E-state index contributed by atoms with van der Waals surface area (Å²) in [4.78, 5) is 36.6.